The van der Waals surface area contributed by atoms with Crippen molar-refractivity contribution in [2.45, 2.75) is 69.9 Å². The van der Waals surface area contributed by atoms with Crippen molar-refractivity contribution in [1.29, 1.82) is 5.26 Å². The van der Waals surface area contributed by atoms with Crippen molar-refractivity contribution < 1.29 is 9.84 Å². The quantitative estimate of drug-likeness (QED) is 0.808. The molecule has 6 nitrogen and oxygen atoms in total. The molecule has 1 aliphatic carbocycles. The van der Waals surface area contributed by atoms with Crippen LogP contribution < -0.4 is 4.90 Å². The zero-order valence-electron chi connectivity index (χ0n) is 18.0. The van der Waals surface area contributed by atoms with Crippen LogP contribution in [0, 0.1) is 16.7 Å². The van der Waals surface area contributed by atoms with Gasteiger partial charge < -0.3 is 14.7 Å². The lowest BCUT2D eigenvalue weighted by Crippen LogP contribution is -2.57. The molecule has 5 rings (SSSR count). The number of likely N-dealkylation sites (tertiary alicyclic amines) is 1. The summed E-state index contributed by atoms with van der Waals surface area (Å²) in [5.41, 5.74) is 3.40. The number of pyridine rings is 1. The highest BCUT2D eigenvalue weighted by Crippen LogP contribution is 2.42. The van der Waals surface area contributed by atoms with Gasteiger partial charge in [0.15, 0.2) is 0 Å². The van der Waals surface area contributed by atoms with E-state index in [1.54, 1.807) is 0 Å². The Labute approximate surface area is 179 Å². The number of nitriles is 1. The topological polar surface area (TPSA) is 72.6 Å². The van der Waals surface area contributed by atoms with Crippen molar-refractivity contribution in [3.63, 3.8) is 0 Å². The Bertz CT molecular complexity index is 806. The van der Waals surface area contributed by atoms with Crippen LogP contribution in [-0.4, -0.2) is 66.5 Å². The molecule has 0 saturated carbocycles. The van der Waals surface area contributed by atoms with Gasteiger partial charge in [-0.3, -0.25) is 4.90 Å². The third-order valence-corrected chi connectivity index (χ3v) is 7.88. The number of piperidine rings is 2. The third kappa shape index (κ3) is 3.95. The number of aliphatic hydroxyl groups excluding tert-OH is 1. The van der Waals surface area contributed by atoms with E-state index in [1.165, 1.54) is 24.1 Å². The Balaban J connectivity index is 1.30. The first-order valence-electron chi connectivity index (χ1n) is 11.8. The largest absolute Gasteiger partial charge is 0.392 e. The summed E-state index contributed by atoms with van der Waals surface area (Å²) in [6.07, 6.45) is 9.47. The number of β-amino-alcohol motifs (C(OH)–C–C–N with tert-alkyl or cyclic N) is 1. The Hall–Kier alpha value is -1.68. The number of aliphatic hydroxyl groups is 1. The number of nitrogens with zero attached hydrogens (tertiary/aromatic N) is 4. The van der Waals surface area contributed by atoms with E-state index in [1.807, 2.05) is 0 Å². The first-order chi connectivity index (χ1) is 14.7. The second kappa shape index (κ2) is 8.45. The van der Waals surface area contributed by atoms with Gasteiger partial charge in [0.25, 0.3) is 0 Å². The molecule has 1 spiro atoms. The number of rotatable bonds is 2. The second-order valence-corrected chi connectivity index (χ2v) is 9.90. The minimum absolute atomic E-state index is 0.188. The maximum atomic E-state index is 10.7. The van der Waals surface area contributed by atoms with Gasteiger partial charge in [0.1, 0.15) is 11.9 Å². The minimum Gasteiger partial charge on any atom is -0.392 e. The van der Waals surface area contributed by atoms with Gasteiger partial charge in [-0.25, -0.2) is 4.98 Å². The van der Waals surface area contributed by atoms with Gasteiger partial charge >= 0.3 is 0 Å². The molecule has 4 aliphatic rings. The van der Waals surface area contributed by atoms with E-state index in [4.69, 9.17) is 9.72 Å². The monoisotopic (exact) mass is 410 g/mol. The summed E-state index contributed by atoms with van der Waals surface area (Å²) < 4.78 is 5.55. The molecule has 1 N–H and O–H groups in total. The van der Waals surface area contributed by atoms with Crippen molar-refractivity contribution in [2.75, 3.05) is 44.3 Å². The van der Waals surface area contributed by atoms with Crippen LogP contribution >= 0.6 is 0 Å². The smallest absolute Gasteiger partial charge is 0.146 e. The molecular weight excluding hydrogens is 376 g/mol. The van der Waals surface area contributed by atoms with Crippen LogP contribution in [0.5, 0.6) is 0 Å². The first kappa shape index (κ1) is 20.2. The van der Waals surface area contributed by atoms with Crippen LogP contribution in [0.25, 0.3) is 0 Å². The summed E-state index contributed by atoms with van der Waals surface area (Å²) in [5, 5.41) is 20.4. The molecule has 1 atom stereocenters. The van der Waals surface area contributed by atoms with Crippen LogP contribution in [0.15, 0.2) is 6.07 Å². The van der Waals surface area contributed by atoms with E-state index in [0.717, 1.165) is 95.7 Å². The molecule has 0 aromatic carbocycles. The molecule has 3 aliphatic heterocycles. The Kier molecular flexibility index (Phi) is 5.70. The number of anilines is 1. The van der Waals surface area contributed by atoms with Crippen molar-refractivity contribution >= 4 is 5.82 Å². The molecule has 1 unspecified atom stereocenters. The summed E-state index contributed by atoms with van der Waals surface area (Å²) in [6.45, 7) is 5.44. The maximum absolute atomic E-state index is 10.7. The number of aryl methyl sites for hydroxylation is 2. The summed E-state index contributed by atoms with van der Waals surface area (Å²) >= 11 is 0. The minimum atomic E-state index is -0.232. The number of hydrogen-bond donors (Lipinski definition) is 1. The number of ether oxygens (including phenoxy) is 1. The average Bonchev–Trinajstić information content (AvgIpc) is 2.79. The Morgan fingerprint density at radius 1 is 1.17 bits per heavy atom. The third-order valence-electron chi connectivity index (χ3n) is 7.88. The molecule has 162 valence electrons. The van der Waals surface area contributed by atoms with E-state index in [-0.39, 0.29) is 11.5 Å². The molecule has 6 heteroatoms. The molecule has 0 radical (unpaired) electrons. The molecule has 1 aromatic heterocycles. The summed E-state index contributed by atoms with van der Waals surface area (Å²) in [7, 11) is 0. The lowest BCUT2D eigenvalue weighted by Gasteiger charge is -2.51. The highest BCUT2D eigenvalue weighted by atomic mass is 16.5. The highest BCUT2D eigenvalue weighted by Gasteiger charge is 2.43. The normalized spacial score (nSPS) is 27.6. The van der Waals surface area contributed by atoms with Gasteiger partial charge in [-0.1, -0.05) is 0 Å². The van der Waals surface area contributed by atoms with Crippen LogP contribution in [0.2, 0.25) is 0 Å². The standard InChI is InChI=1S/C24H34N4O2/c25-15-19-13-18-3-1-2-4-22(18)26-23(19)27-9-7-24(8-10-27)14-21(29)16-28(17-24)20-5-11-30-12-6-20/h13,20-21,29H,1-12,14,16-17H2. The zero-order chi connectivity index (χ0) is 20.6. The van der Waals surface area contributed by atoms with Gasteiger partial charge in [0.2, 0.25) is 0 Å². The summed E-state index contributed by atoms with van der Waals surface area (Å²) in [4.78, 5) is 9.85. The van der Waals surface area contributed by atoms with Crippen molar-refractivity contribution in [3.8, 4) is 6.07 Å². The predicted molar refractivity (Wildman–Crippen MR) is 116 cm³/mol. The van der Waals surface area contributed by atoms with Gasteiger partial charge in [0.05, 0.1) is 11.7 Å². The van der Waals surface area contributed by atoms with E-state index >= 15 is 0 Å². The molecular formula is C24H34N4O2. The van der Waals surface area contributed by atoms with Gasteiger partial charge in [-0.15, -0.1) is 0 Å². The van der Waals surface area contributed by atoms with Gasteiger partial charge in [-0.2, -0.15) is 5.26 Å². The van der Waals surface area contributed by atoms with Crippen LogP contribution in [-0.2, 0) is 17.6 Å². The molecule has 0 bridgehead atoms. The van der Waals surface area contributed by atoms with Crippen molar-refractivity contribution in [1.82, 2.24) is 9.88 Å². The number of aromatic nitrogens is 1. The first-order valence-corrected chi connectivity index (χ1v) is 11.8. The second-order valence-electron chi connectivity index (χ2n) is 9.90. The fraction of sp³-hybridized carbons (Fsp3) is 0.750. The molecule has 1 aromatic rings. The average molecular weight is 411 g/mol. The van der Waals surface area contributed by atoms with Crippen molar-refractivity contribution in [2.24, 2.45) is 5.41 Å². The van der Waals surface area contributed by atoms with Gasteiger partial charge in [0, 0.05) is 51.1 Å². The lowest BCUT2D eigenvalue weighted by atomic mass is 9.71. The summed E-state index contributed by atoms with van der Waals surface area (Å²) in [6, 6.07) is 5.05. The van der Waals surface area contributed by atoms with E-state index in [0.29, 0.717) is 6.04 Å². The fourth-order valence-corrected chi connectivity index (χ4v) is 6.22. The predicted octanol–water partition coefficient (Wildman–Crippen LogP) is 2.66. The maximum Gasteiger partial charge on any atom is 0.146 e. The number of hydrogen-bond acceptors (Lipinski definition) is 6. The molecule has 3 saturated heterocycles. The summed E-state index contributed by atoms with van der Waals surface area (Å²) in [5.74, 6) is 0.894. The molecule has 30 heavy (non-hydrogen) atoms. The molecule has 3 fully saturated rings. The number of fused-ring (bicyclic) bond motifs is 1. The van der Waals surface area contributed by atoms with Crippen molar-refractivity contribution in [3.05, 3.63) is 22.9 Å². The van der Waals surface area contributed by atoms with Crippen LogP contribution in [0.1, 0.15) is 61.8 Å². The molecule has 0 amide bonds. The van der Waals surface area contributed by atoms with Crippen LogP contribution in [0.3, 0.4) is 0 Å². The van der Waals surface area contributed by atoms with Gasteiger partial charge in [-0.05, 0) is 74.8 Å². The van der Waals surface area contributed by atoms with Crippen LogP contribution in [0.4, 0.5) is 5.82 Å². The van der Waals surface area contributed by atoms with E-state index in [9.17, 15) is 10.4 Å². The lowest BCUT2D eigenvalue weighted by molar-refractivity contribution is -0.0602. The fourth-order valence-electron chi connectivity index (χ4n) is 6.22. The molecule has 4 heterocycles. The Morgan fingerprint density at radius 2 is 1.93 bits per heavy atom. The van der Waals surface area contributed by atoms with E-state index in [2.05, 4.69) is 21.9 Å². The zero-order valence-corrected chi connectivity index (χ0v) is 18.0. The SMILES string of the molecule is N#Cc1cc2c(nc1N1CCC3(CC1)CC(O)CN(C1CCOCC1)C3)CCCC2. The Morgan fingerprint density at radius 3 is 2.70 bits per heavy atom. The van der Waals surface area contributed by atoms with E-state index < -0.39 is 0 Å². The highest BCUT2D eigenvalue weighted by molar-refractivity contribution is 5.56.